The van der Waals surface area contributed by atoms with Gasteiger partial charge in [-0.15, -0.1) is 0 Å². The molecule has 6 heteroatoms. The third kappa shape index (κ3) is 3.22. The fraction of sp³-hybridized carbons (Fsp3) is 0. The lowest BCUT2D eigenvalue weighted by molar-refractivity contribution is 0.102. The summed E-state index contributed by atoms with van der Waals surface area (Å²) >= 11 is 11.7. The number of rotatable bonds is 2. The molecule has 0 fully saturated rings. The Hall–Kier alpha value is -1.65. The Morgan fingerprint density at radius 3 is 2.32 bits per heavy atom. The molecule has 98 valence electrons. The molecule has 2 aromatic carbocycles. The average Bonchev–Trinajstić information content (AvgIpc) is 2.33. The summed E-state index contributed by atoms with van der Waals surface area (Å²) in [7, 11) is 0. The van der Waals surface area contributed by atoms with Gasteiger partial charge >= 0.3 is 0 Å². The van der Waals surface area contributed by atoms with Gasteiger partial charge in [-0.2, -0.15) is 0 Å². The van der Waals surface area contributed by atoms with E-state index < -0.39 is 17.5 Å². The molecule has 0 atom stereocenters. The number of carbonyl (C=O) groups is 1. The fourth-order valence-corrected chi connectivity index (χ4v) is 1.83. The largest absolute Gasteiger partial charge is 0.321 e. The molecule has 1 N–H and O–H groups in total. The van der Waals surface area contributed by atoms with Crippen LogP contribution < -0.4 is 5.32 Å². The van der Waals surface area contributed by atoms with Crippen molar-refractivity contribution < 1.29 is 13.6 Å². The lowest BCUT2D eigenvalue weighted by Crippen LogP contribution is -2.12. The average molecular weight is 302 g/mol. The summed E-state index contributed by atoms with van der Waals surface area (Å²) in [4.78, 5) is 11.8. The van der Waals surface area contributed by atoms with Crippen molar-refractivity contribution in [1.82, 2.24) is 0 Å². The SMILES string of the molecule is O=C(Nc1cccc(Cl)c1Cl)c1cc(F)cc(F)c1. The van der Waals surface area contributed by atoms with Gasteiger partial charge in [0, 0.05) is 11.6 Å². The molecule has 0 heterocycles. The molecule has 0 spiro atoms. The highest BCUT2D eigenvalue weighted by Crippen LogP contribution is 2.29. The van der Waals surface area contributed by atoms with Crippen LogP contribution in [0.5, 0.6) is 0 Å². The van der Waals surface area contributed by atoms with Gasteiger partial charge < -0.3 is 5.32 Å². The summed E-state index contributed by atoms with van der Waals surface area (Å²) in [5.41, 5.74) is 0.123. The monoisotopic (exact) mass is 301 g/mol. The van der Waals surface area contributed by atoms with Crippen molar-refractivity contribution in [3.63, 3.8) is 0 Å². The lowest BCUT2D eigenvalue weighted by Gasteiger charge is -2.08. The van der Waals surface area contributed by atoms with Crippen LogP contribution in [0.15, 0.2) is 36.4 Å². The number of hydrogen-bond acceptors (Lipinski definition) is 1. The number of amides is 1. The van der Waals surface area contributed by atoms with E-state index in [0.717, 1.165) is 12.1 Å². The zero-order valence-corrected chi connectivity index (χ0v) is 10.9. The standard InChI is InChI=1S/C13H7Cl2F2NO/c14-10-2-1-3-11(12(10)15)18-13(19)7-4-8(16)6-9(17)5-7/h1-6H,(H,18,19). The highest BCUT2D eigenvalue weighted by molar-refractivity contribution is 6.44. The second-order valence-electron chi connectivity index (χ2n) is 3.71. The van der Waals surface area contributed by atoms with E-state index in [1.165, 1.54) is 6.07 Å². The van der Waals surface area contributed by atoms with Gasteiger partial charge in [0.1, 0.15) is 11.6 Å². The predicted octanol–water partition coefficient (Wildman–Crippen LogP) is 4.52. The Morgan fingerprint density at radius 2 is 1.68 bits per heavy atom. The Bertz CT molecular complexity index is 626. The molecule has 0 bridgehead atoms. The van der Waals surface area contributed by atoms with Gasteiger partial charge in [0.2, 0.25) is 0 Å². The number of anilines is 1. The van der Waals surface area contributed by atoms with Crippen LogP contribution in [0, 0.1) is 11.6 Å². The van der Waals surface area contributed by atoms with E-state index in [-0.39, 0.29) is 21.3 Å². The molecule has 0 aliphatic rings. The van der Waals surface area contributed by atoms with Crippen molar-refractivity contribution in [3.8, 4) is 0 Å². The summed E-state index contributed by atoms with van der Waals surface area (Å²) in [6.45, 7) is 0. The number of halogens is 4. The van der Waals surface area contributed by atoms with E-state index in [0.29, 0.717) is 6.07 Å². The molecular weight excluding hydrogens is 295 g/mol. The molecule has 0 radical (unpaired) electrons. The van der Waals surface area contributed by atoms with Crippen molar-refractivity contribution in [3.05, 3.63) is 63.6 Å². The van der Waals surface area contributed by atoms with Crippen molar-refractivity contribution >= 4 is 34.8 Å². The summed E-state index contributed by atoms with van der Waals surface area (Å²) in [5.74, 6) is -2.34. The van der Waals surface area contributed by atoms with Crippen molar-refractivity contribution in [2.45, 2.75) is 0 Å². The Kier molecular flexibility index (Phi) is 4.02. The van der Waals surface area contributed by atoms with Gasteiger partial charge in [-0.1, -0.05) is 29.3 Å². The summed E-state index contributed by atoms with van der Waals surface area (Å²) in [6.07, 6.45) is 0. The molecule has 2 rings (SSSR count). The predicted molar refractivity (Wildman–Crippen MR) is 70.8 cm³/mol. The summed E-state index contributed by atoms with van der Waals surface area (Å²) in [5, 5.41) is 2.86. The molecule has 0 saturated carbocycles. The topological polar surface area (TPSA) is 29.1 Å². The molecule has 0 aliphatic carbocycles. The zero-order valence-electron chi connectivity index (χ0n) is 9.38. The van der Waals surface area contributed by atoms with E-state index in [4.69, 9.17) is 23.2 Å². The van der Waals surface area contributed by atoms with Gasteiger partial charge in [-0.05, 0) is 24.3 Å². The van der Waals surface area contributed by atoms with Crippen LogP contribution in [-0.4, -0.2) is 5.91 Å². The Balaban J connectivity index is 2.28. The van der Waals surface area contributed by atoms with Crippen LogP contribution in [0.25, 0.3) is 0 Å². The molecule has 2 aromatic rings. The van der Waals surface area contributed by atoms with Gasteiger partial charge in [0.15, 0.2) is 0 Å². The molecule has 19 heavy (non-hydrogen) atoms. The molecule has 0 unspecified atom stereocenters. The van der Waals surface area contributed by atoms with E-state index in [1.807, 2.05) is 0 Å². The first-order valence-corrected chi connectivity index (χ1v) is 5.94. The third-order valence-corrected chi connectivity index (χ3v) is 3.14. The van der Waals surface area contributed by atoms with E-state index in [1.54, 1.807) is 12.1 Å². The first-order chi connectivity index (χ1) is 8.97. The maximum absolute atomic E-state index is 13.0. The number of benzene rings is 2. The molecular formula is C13H7Cl2F2NO. The number of nitrogens with one attached hydrogen (secondary N) is 1. The van der Waals surface area contributed by atoms with Gasteiger partial charge in [-0.25, -0.2) is 8.78 Å². The number of hydrogen-bond donors (Lipinski definition) is 1. The normalized spacial score (nSPS) is 10.3. The fourth-order valence-electron chi connectivity index (χ4n) is 1.48. The number of carbonyl (C=O) groups excluding carboxylic acids is 1. The van der Waals surface area contributed by atoms with Crippen LogP contribution in [0.1, 0.15) is 10.4 Å². The van der Waals surface area contributed by atoms with Crippen molar-refractivity contribution in [2.75, 3.05) is 5.32 Å². The zero-order chi connectivity index (χ0) is 14.0. The Labute approximate surface area is 118 Å². The second-order valence-corrected chi connectivity index (χ2v) is 4.50. The molecule has 2 nitrogen and oxygen atoms in total. The summed E-state index contributed by atoms with van der Waals surface area (Å²) < 4.78 is 26.0. The quantitative estimate of drug-likeness (QED) is 0.868. The van der Waals surface area contributed by atoms with Crippen LogP contribution in [0.2, 0.25) is 10.0 Å². The maximum Gasteiger partial charge on any atom is 0.255 e. The first kappa shape index (κ1) is 13.8. The van der Waals surface area contributed by atoms with E-state index in [9.17, 15) is 13.6 Å². The van der Waals surface area contributed by atoms with Crippen LogP contribution in [0.4, 0.5) is 14.5 Å². The smallest absolute Gasteiger partial charge is 0.255 e. The van der Waals surface area contributed by atoms with Crippen LogP contribution in [0.3, 0.4) is 0 Å². The van der Waals surface area contributed by atoms with Crippen LogP contribution in [-0.2, 0) is 0 Å². The minimum atomic E-state index is -0.831. The van der Waals surface area contributed by atoms with Crippen molar-refractivity contribution in [2.24, 2.45) is 0 Å². The minimum absolute atomic E-state index is 0.145. The van der Waals surface area contributed by atoms with E-state index in [2.05, 4.69) is 5.32 Å². The van der Waals surface area contributed by atoms with E-state index >= 15 is 0 Å². The maximum atomic E-state index is 13.0. The molecule has 0 aromatic heterocycles. The van der Waals surface area contributed by atoms with Crippen LogP contribution >= 0.6 is 23.2 Å². The Morgan fingerprint density at radius 1 is 1.05 bits per heavy atom. The summed E-state index contributed by atoms with van der Waals surface area (Å²) in [6, 6.07) is 7.22. The van der Waals surface area contributed by atoms with Crippen molar-refractivity contribution in [1.29, 1.82) is 0 Å². The lowest BCUT2D eigenvalue weighted by atomic mass is 10.2. The minimum Gasteiger partial charge on any atom is -0.321 e. The molecule has 0 saturated heterocycles. The molecule has 0 aliphatic heterocycles. The molecule has 1 amide bonds. The third-order valence-electron chi connectivity index (χ3n) is 2.32. The highest BCUT2D eigenvalue weighted by atomic mass is 35.5. The first-order valence-electron chi connectivity index (χ1n) is 5.19. The van der Waals surface area contributed by atoms with Gasteiger partial charge in [0.25, 0.3) is 5.91 Å². The van der Waals surface area contributed by atoms with Gasteiger partial charge in [-0.3, -0.25) is 4.79 Å². The highest BCUT2D eigenvalue weighted by Gasteiger charge is 2.12. The van der Waals surface area contributed by atoms with Gasteiger partial charge in [0.05, 0.1) is 15.7 Å². The second kappa shape index (κ2) is 5.55.